The lowest BCUT2D eigenvalue weighted by Crippen LogP contribution is -1.82. The van der Waals surface area contributed by atoms with E-state index < -0.39 is 0 Å². The molecule has 3 rings (SSSR count). The molecule has 1 aromatic heterocycles. The van der Waals surface area contributed by atoms with Crippen molar-refractivity contribution >= 4 is 11.9 Å². The van der Waals surface area contributed by atoms with E-state index in [0.717, 1.165) is 22.4 Å². The Labute approximate surface area is 130 Å². The number of hydrogen-bond donors (Lipinski definition) is 0. The van der Waals surface area contributed by atoms with Gasteiger partial charge < -0.3 is 0 Å². The Morgan fingerprint density at radius 1 is 0.773 bits per heavy atom. The summed E-state index contributed by atoms with van der Waals surface area (Å²) in [7, 11) is 0. The fourth-order valence-electron chi connectivity index (χ4n) is 1.90. The molecule has 0 saturated carbocycles. The largest absolute Gasteiger partial charge is 0.262 e. The minimum atomic E-state index is 0.843. The summed E-state index contributed by atoms with van der Waals surface area (Å²) in [6.45, 7) is 0. The molecule has 0 bridgehead atoms. The summed E-state index contributed by atoms with van der Waals surface area (Å²) < 4.78 is 0. The second kappa shape index (κ2) is 7.01. The molecule has 0 unspecified atom stereocenters. The van der Waals surface area contributed by atoms with Crippen LogP contribution in [-0.4, -0.2) is 11.2 Å². The summed E-state index contributed by atoms with van der Waals surface area (Å²) in [6.07, 6.45) is 5.29. The highest BCUT2D eigenvalue weighted by atomic mass is 14.8. The summed E-state index contributed by atoms with van der Waals surface area (Å²) in [5.74, 6) is 6.30. The smallest absolute Gasteiger partial charge is 0.0813 e. The van der Waals surface area contributed by atoms with E-state index in [1.54, 1.807) is 12.4 Å². The summed E-state index contributed by atoms with van der Waals surface area (Å²) in [4.78, 5) is 8.41. The molecule has 0 spiro atoms. The van der Waals surface area contributed by atoms with Crippen LogP contribution in [0.5, 0.6) is 0 Å². The van der Waals surface area contributed by atoms with Gasteiger partial charge in [-0.25, -0.2) is 0 Å². The third-order valence-electron chi connectivity index (χ3n) is 3.04. The monoisotopic (exact) mass is 282 g/mol. The zero-order valence-electron chi connectivity index (χ0n) is 12.0. The maximum absolute atomic E-state index is 4.38. The molecule has 2 heteroatoms. The number of pyridine rings is 1. The molecule has 1 heterocycles. The minimum Gasteiger partial charge on any atom is -0.262 e. The minimum absolute atomic E-state index is 0.843. The normalized spacial score (nSPS) is 10.2. The molecule has 0 N–H and O–H groups in total. The molecule has 104 valence electrons. The van der Waals surface area contributed by atoms with Crippen molar-refractivity contribution in [3.8, 4) is 11.8 Å². The van der Waals surface area contributed by atoms with Crippen LogP contribution in [0.1, 0.15) is 16.7 Å². The zero-order chi connectivity index (χ0) is 15.0. The number of nitrogens with zero attached hydrogens (tertiary/aromatic N) is 2. The first-order chi connectivity index (χ1) is 10.9. The lowest BCUT2D eigenvalue weighted by Gasteiger charge is -1.95. The van der Waals surface area contributed by atoms with Crippen LogP contribution in [0, 0.1) is 11.8 Å². The summed E-state index contributed by atoms with van der Waals surface area (Å²) in [6, 6.07) is 21.8. The van der Waals surface area contributed by atoms with Crippen molar-refractivity contribution in [2.24, 2.45) is 4.99 Å². The molecule has 0 aliphatic carbocycles. The van der Waals surface area contributed by atoms with E-state index in [0.29, 0.717) is 0 Å². The van der Waals surface area contributed by atoms with Crippen LogP contribution >= 0.6 is 0 Å². The van der Waals surface area contributed by atoms with Crippen molar-refractivity contribution in [2.75, 3.05) is 0 Å². The van der Waals surface area contributed by atoms with E-state index in [1.807, 2.05) is 72.9 Å². The summed E-state index contributed by atoms with van der Waals surface area (Å²) >= 11 is 0. The molecule has 0 radical (unpaired) electrons. The second-order valence-electron chi connectivity index (χ2n) is 4.71. The molecule has 0 aliphatic rings. The Bertz CT molecular complexity index is 808. The van der Waals surface area contributed by atoms with Crippen molar-refractivity contribution in [3.63, 3.8) is 0 Å². The molecule has 0 aliphatic heterocycles. The van der Waals surface area contributed by atoms with Gasteiger partial charge >= 0.3 is 0 Å². The fraction of sp³-hybridized carbons (Fsp3) is 0. The molecule has 2 aromatic carbocycles. The van der Waals surface area contributed by atoms with Crippen LogP contribution in [0.3, 0.4) is 0 Å². The first kappa shape index (κ1) is 13.8. The van der Waals surface area contributed by atoms with Gasteiger partial charge in [-0.1, -0.05) is 42.2 Å². The Morgan fingerprint density at radius 2 is 1.50 bits per heavy atom. The number of rotatable bonds is 2. The van der Waals surface area contributed by atoms with Gasteiger partial charge in [0.15, 0.2) is 0 Å². The van der Waals surface area contributed by atoms with Gasteiger partial charge in [0.05, 0.1) is 11.9 Å². The average Bonchev–Trinajstić information content (AvgIpc) is 2.61. The number of aliphatic imine (C=N–C) groups is 1. The van der Waals surface area contributed by atoms with Crippen LogP contribution in [0.4, 0.5) is 5.69 Å². The Kier molecular flexibility index (Phi) is 4.39. The van der Waals surface area contributed by atoms with Gasteiger partial charge in [-0.3, -0.25) is 9.98 Å². The van der Waals surface area contributed by atoms with Gasteiger partial charge in [0.25, 0.3) is 0 Å². The van der Waals surface area contributed by atoms with Crippen molar-refractivity contribution < 1.29 is 0 Å². The van der Waals surface area contributed by atoms with Crippen LogP contribution < -0.4 is 0 Å². The first-order valence-corrected chi connectivity index (χ1v) is 7.01. The maximum Gasteiger partial charge on any atom is 0.0813 e. The zero-order valence-corrected chi connectivity index (χ0v) is 12.0. The average molecular weight is 282 g/mol. The molecule has 2 nitrogen and oxygen atoms in total. The molecule has 3 aromatic rings. The molecular formula is C20H14N2. The van der Waals surface area contributed by atoms with E-state index in [-0.39, 0.29) is 0 Å². The molecule has 22 heavy (non-hydrogen) atoms. The summed E-state index contributed by atoms with van der Waals surface area (Å²) in [5.41, 5.74) is 3.89. The van der Waals surface area contributed by atoms with Crippen molar-refractivity contribution in [1.82, 2.24) is 4.98 Å². The highest BCUT2D eigenvalue weighted by molar-refractivity contribution is 5.82. The standard InChI is InChI=1S/C20H14N2/c1-2-5-17(6-3-1)8-9-18-10-12-19(13-11-18)15-22-20-7-4-14-21-16-20/h1-7,10-16H. The van der Waals surface area contributed by atoms with Gasteiger partial charge in [0.2, 0.25) is 0 Å². The number of hydrogen-bond acceptors (Lipinski definition) is 2. The third-order valence-corrected chi connectivity index (χ3v) is 3.04. The SMILES string of the molecule is C(#Cc1ccc(C=Nc2cccnc2)cc1)c1ccccc1. The highest BCUT2D eigenvalue weighted by Crippen LogP contribution is 2.08. The van der Waals surface area contributed by atoms with Gasteiger partial charge in [0, 0.05) is 23.5 Å². The Morgan fingerprint density at radius 3 is 2.18 bits per heavy atom. The van der Waals surface area contributed by atoms with E-state index >= 15 is 0 Å². The highest BCUT2D eigenvalue weighted by Gasteiger charge is 1.91. The lowest BCUT2D eigenvalue weighted by atomic mass is 10.1. The van der Waals surface area contributed by atoms with Crippen LogP contribution in [0.2, 0.25) is 0 Å². The third kappa shape index (κ3) is 3.91. The van der Waals surface area contributed by atoms with Crippen LogP contribution in [-0.2, 0) is 0 Å². The molecule has 0 amide bonds. The van der Waals surface area contributed by atoms with Gasteiger partial charge in [-0.15, -0.1) is 0 Å². The van der Waals surface area contributed by atoms with Gasteiger partial charge in [0.1, 0.15) is 0 Å². The Hall–Kier alpha value is -3.18. The van der Waals surface area contributed by atoms with Crippen molar-refractivity contribution in [2.45, 2.75) is 0 Å². The van der Waals surface area contributed by atoms with Crippen molar-refractivity contribution in [3.05, 3.63) is 95.8 Å². The van der Waals surface area contributed by atoms with Crippen molar-refractivity contribution in [1.29, 1.82) is 0 Å². The van der Waals surface area contributed by atoms with E-state index in [4.69, 9.17) is 0 Å². The van der Waals surface area contributed by atoms with Gasteiger partial charge in [-0.2, -0.15) is 0 Å². The molecular weight excluding hydrogens is 268 g/mol. The number of aromatic nitrogens is 1. The first-order valence-electron chi connectivity index (χ1n) is 7.01. The van der Waals surface area contributed by atoms with E-state index in [2.05, 4.69) is 21.8 Å². The lowest BCUT2D eigenvalue weighted by molar-refractivity contribution is 1.31. The molecule has 0 fully saturated rings. The molecule has 0 atom stereocenters. The van der Waals surface area contributed by atoms with Crippen LogP contribution in [0.25, 0.3) is 0 Å². The van der Waals surface area contributed by atoms with Gasteiger partial charge in [-0.05, 0) is 42.0 Å². The fourth-order valence-corrected chi connectivity index (χ4v) is 1.90. The van der Waals surface area contributed by atoms with Crippen LogP contribution in [0.15, 0.2) is 84.1 Å². The quantitative estimate of drug-likeness (QED) is 0.510. The predicted octanol–water partition coefficient (Wildman–Crippen LogP) is 4.23. The van der Waals surface area contributed by atoms with E-state index in [1.165, 1.54) is 0 Å². The summed E-state index contributed by atoms with van der Waals surface area (Å²) in [5, 5.41) is 0. The molecule has 0 saturated heterocycles. The predicted molar refractivity (Wildman–Crippen MR) is 90.4 cm³/mol. The van der Waals surface area contributed by atoms with E-state index in [9.17, 15) is 0 Å². The Balaban J connectivity index is 1.71. The topological polar surface area (TPSA) is 25.2 Å². The number of benzene rings is 2. The maximum atomic E-state index is 4.38. The second-order valence-corrected chi connectivity index (χ2v) is 4.71.